The number of rotatable bonds is 4. The molecule has 0 N–H and O–H groups in total. The molecule has 1 amide bonds. The van der Waals surface area contributed by atoms with Crippen LogP contribution in [0.25, 0.3) is 0 Å². The lowest BCUT2D eigenvalue weighted by Gasteiger charge is -2.17. The Hall–Kier alpha value is -1.43. The first-order valence-corrected chi connectivity index (χ1v) is 6.58. The van der Waals surface area contributed by atoms with Crippen LogP contribution in [0.15, 0.2) is 24.3 Å². The topological polar surface area (TPSA) is 29.5 Å². The van der Waals surface area contributed by atoms with Crippen LogP contribution in [0.3, 0.4) is 0 Å². The number of nitrogens with zero attached hydrogens (tertiary/aromatic N) is 1. The number of ether oxygens (including phenoxy) is 1. The zero-order chi connectivity index (χ0) is 14.8. The highest BCUT2D eigenvalue weighted by Crippen LogP contribution is 2.27. The summed E-state index contributed by atoms with van der Waals surface area (Å²) in [5.74, 6) is 0.617. The van der Waals surface area contributed by atoms with Crippen LogP contribution in [0, 0.1) is 5.92 Å². The maximum atomic E-state index is 12.0. The van der Waals surface area contributed by atoms with Crippen molar-refractivity contribution in [1.82, 2.24) is 0 Å². The van der Waals surface area contributed by atoms with Gasteiger partial charge in [-0.1, -0.05) is 0 Å². The number of carbonyl (C=O) groups is 1. The average Bonchev–Trinajstić information content (AvgIpc) is 2.77. The van der Waals surface area contributed by atoms with Crippen molar-refractivity contribution in [3.05, 3.63) is 24.3 Å². The van der Waals surface area contributed by atoms with Gasteiger partial charge < -0.3 is 9.64 Å². The van der Waals surface area contributed by atoms with Gasteiger partial charge in [-0.3, -0.25) is 4.79 Å². The molecule has 0 bridgehead atoms. The molecular formula is C13H13ClF3NO2. The van der Waals surface area contributed by atoms with Gasteiger partial charge in [-0.05, 0) is 30.2 Å². The summed E-state index contributed by atoms with van der Waals surface area (Å²) in [4.78, 5) is 13.4. The van der Waals surface area contributed by atoms with Crippen LogP contribution in [-0.4, -0.2) is 31.1 Å². The summed E-state index contributed by atoms with van der Waals surface area (Å²) in [5.41, 5.74) is 0.641. The van der Waals surface area contributed by atoms with E-state index in [9.17, 15) is 18.0 Å². The first-order chi connectivity index (χ1) is 9.39. The van der Waals surface area contributed by atoms with Crippen molar-refractivity contribution in [2.45, 2.75) is 12.6 Å². The number of alkyl halides is 4. The fourth-order valence-electron chi connectivity index (χ4n) is 2.02. The first kappa shape index (κ1) is 15.0. The van der Waals surface area contributed by atoms with E-state index in [1.807, 2.05) is 0 Å². The van der Waals surface area contributed by atoms with Crippen LogP contribution < -0.4 is 9.64 Å². The minimum atomic E-state index is -4.36. The zero-order valence-electron chi connectivity index (χ0n) is 10.5. The molecule has 20 heavy (non-hydrogen) atoms. The predicted molar refractivity (Wildman–Crippen MR) is 69.2 cm³/mol. The third-order valence-corrected chi connectivity index (χ3v) is 3.41. The summed E-state index contributed by atoms with van der Waals surface area (Å²) in [5, 5.41) is 0. The molecule has 1 fully saturated rings. The molecule has 0 aromatic heterocycles. The van der Waals surface area contributed by atoms with E-state index in [-0.39, 0.29) is 17.6 Å². The summed E-state index contributed by atoms with van der Waals surface area (Å²) in [6.45, 7) is -0.797. The predicted octanol–water partition coefficient (Wildman–Crippen LogP) is 3.22. The lowest BCUT2D eigenvalue weighted by Crippen LogP contribution is -2.24. The number of hydrogen-bond donors (Lipinski definition) is 0. The van der Waals surface area contributed by atoms with Gasteiger partial charge in [-0.2, -0.15) is 13.2 Å². The van der Waals surface area contributed by atoms with Crippen LogP contribution in [0.5, 0.6) is 5.75 Å². The highest BCUT2D eigenvalue weighted by molar-refractivity contribution is 6.18. The molecule has 1 aliphatic rings. The molecule has 0 spiro atoms. The molecule has 7 heteroatoms. The molecule has 0 radical (unpaired) electrons. The molecule has 1 saturated heterocycles. The Kier molecular flexibility index (Phi) is 4.42. The number of amides is 1. The van der Waals surface area contributed by atoms with E-state index in [4.69, 9.17) is 11.6 Å². The van der Waals surface area contributed by atoms with Gasteiger partial charge in [-0.15, -0.1) is 11.6 Å². The lowest BCUT2D eigenvalue weighted by atomic mass is 10.1. The Morgan fingerprint density at radius 3 is 2.45 bits per heavy atom. The second-order valence-corrected chi connectivity index (χ2v) is 4.94. The fourth-order valence-corrected chi connectivity index (χ4v) is 2.23. The number of hydrogen-bond acceptors (Lipinski definition) is 2. The van der Waals surface area contributed by atoms with E-state index in [1.54, 1.807) is 17.0 Å². The van der Waals surface area contributed by atoms with Gasteiger partial charge in [0.25, 0.3) is 0 Å². The Labute approximate surface area is 119 Å². The molecule has 0 aliphatic carbocycles. The van der Waals surface area contributed by atoms with Gasteiger partial charge in [0.2, 0.25) is 5.91 Å². The van der Waals surface area contributed by atoms with Crippen molar-refractivity contribution in [1.29, 1.82) is 0 Å². The largest absolute Gasteiger partial charge is 0.484 e. The van der Waals surface area contributed by atoms with E-state index in [1.165, 1.54) is 12.1 Å². The smallest absolute Gasteiger partial charge is 0.422 e. The molecule has 1 unspecified atom stereocenters. The molecule has 1 heterocycles. The number of anilines is 1. The van der Waals surface area contributed by atoms with E-state index < -0.39 is 12.8 Å². The highest BCUT2D eigenvalue weighted by atomic mass is 35.5. The SMILES string of the molecule is O=C1CC(CCl)CN1c1ccc(OCC(F)(F)F)cc1. The molecule has 1 aliphatic heterocycles. The van der Waals surface area contributed by atoms with Crippen LogP contribution >= 0.6 is 11.6 Å². The maximum absolute atomic E-state index is 12.0. The van der Waals surface area contributed by atoms with Gasteiger partial charge >= 0.3 is 6.18 Å². The van der Waals surface area contributed by atoms with Gasteiger partial charge in [0.05, 0.1) is 0 Å². The molecule has 2 rings (SSSR count). The molecule has 1 aromatic carbocycles. The van der Waals surface area contributed by atoms with E-state index >= 15 is 0 Å². The Morgan fingerprint density at radius 1 is 1.30 bits per heavy atom. The highest BCUT2D eigenvalue weighted by Gasteiger charge is 2.30. The Morgan fingerprint density at radius 2 is 1.95 bits per heavy atom. The minimum Gasteiger partial charge on any atom is -0.484 e. The summed E-state index contributed by atoms with van der Waals surface area (Å²) >= 11 is 5.73. The molecule has 1 atom stereocenters. The Balaban J connectivity index is 2.00. The van der Waals surface area contributed by atoms with Crippen LogP contribution in [0.4, 0.5) is 18.9 Å². The summed E-state index contributed by atoms with van der Waals surface area (Å²) in [7, 11) is 0. The number of benzene rings is 1. The van der Waals surface area contributed by atoms with Crippen LogP contribution in [-0.2, 0) is 4.79 Å². The molecule has 1 aromatic rings. The summed E-state index contributed by atoms with van der Waals surface area (Å²) < 4.78 is 40.6. The second kappa shape index (κ2) is 5.91. The fraction of sp³-hybridized carbons (Fsp3) is 0.462. The molecular weight excluding hydrogens is 295 g/mol. The van der Waals surface area contributed by atoms with Crippen molar-refractivity contribution in [2.24, 2.45) is 5.92 Å². The minimum absolute atomic E-state index is 0.0281. The Bertz CT molecular complexity index is 475. The second-order valence-electron chi connectivity index (χ2n) is 4.63. The molecule has 110 valence electrons. The van der Waals surface area contributed by atoms with E-state index in [0.29, 0.717) is 24.5 Å². The van der Waals surface area contributed by atoms with Crippen LogP contribution in [0.2, 0.25) is 0 Å². The molecule has 0 saturated carbocycles. The number of halogens is 4. The van der Waals surface area contributed by atoms with Crippen molar-refractivity contribution >= 4 is 23.2 Å². The normalized spacial score (nSPS) is 19.5. The standard InChI is InChI=1S/C13H13ClF3NO2/c14-6-9-5-12(19)18(7-9)10-1-3-11(4-2-10)20-8-13(15,16)17/h1-4,9H,5-8H2. The van der Waals surface area contributed by atoms with E-state index in [2.05, 4.69) is 4.74 Å². The molecule has 3 nitrogen and oxygen atoms in total. The van der Waals surface area contributed by atoms with E-state index in [0.717, 1.165) is 0 Å². The van der Waals surface area contributed by atoms with Gasteiger partial charge in [-0.25, -0.2) is 0 Å². The third kappa shape index (κ3) is 3.79. The van der Waals surface area contributed by atoms with Crippen molar-refractivity contribution in [2.75, 3.05) is 23.9 Å². The zero-order valence-corrected chi connectivity index (χ0v) is 11.2. The van der Waals surface area contributed by atoms with Gasteiger partial charge in [0, 0.05) is 24.5 Å². The van der Waals surface area contributed by atoms with Crippen LogP contribution in [0.1, 0.15) is 6.42 Å². The van der Waals surface area contributed by atoms with Crippen molar-refractivity contribution in [3.8, 4) is 5.75 Å². The number of carbonyl (C=O) groups excluding carboxylic acids is 1. The van der Waals surface area contributed by atoms with Crippen molar-refractivity contribution < 1.29 is 22.7 Å². The van der Waals surface area contributed by atoms with Gasteiger partial charge in [0.15, 0.2) is 6.61 Å². The van der Waals surface area contributed by atoms with Crippen molar-refractivity contribution in [3.63, 3.8) is 0 Å². The monoisotopic (exact) mass is 307 g/mol. The quantitative estimate of drug-likeness (QED) is 0.799. The first-order valence-electron chi connectivity index (χ1n) is 6.05. The average molecular weight is 308 g/mol. The maximum Gasteiger partial charge on any atom is 0.422 e. The van der Waals surface area contributed by atoms with Gasteiger partial charge in [0.1, 0.15) is 5.75 Å². The lowest BCUT2D eigenvalue weighted by molar-refractivity contribution is -0.153. The third-order valence-electron chi connectivity index (χ3n) is 2.97. The summed E-state index contributed by atoms with van der Waals surface area (Å²) in [6.07, 6.45) is -3.97. The summed E-state index contributed by atoms with van der Waals surface area (Å²) in [6, 6.07) is 5.98.